The molecule has 1 aliphatic rings. The second kappa shape index (κ2) is 9.92. The number of halogens is 8. The van der Waals surface area contributed by atoms with E-state index in [0.717, 1.165) is 12.1 Å². The molecule has 3 aromatic rings. The lowest BCUT2D eigenvalue weighted by atomic mass is 10.1. The molecule has 12 heteroatoms. The lowest BCUT2D eigenvalue weighted by Crippen LogP contribution is -2.18. The van der Waals surface area contributed by atoms with Crippen molar-refractivity contribution in [2.24, 2.45) is 5.92 Å². The van der Waals surface area contributed by atoms with Gasteiger partial charge in [-0.1, -0.05) is 46.4 Å². The quantitative estimate of drug-likeness (QED) is 0.290. The second-order valence-electron chi connectivity index (χ2n) is 7.72. The zero-order valence-electron chi connectivity index (χ0n) is 17.1. The maximum absolute atomic E-state index is 13.9. The number of hydrogen-bond donors (Lipinski definition) is 2. The minimum absolute atomic E-state index is 0.0498. The van der Waals surface area contributed by atoms with Gasteiger partial charge in [0.05, 0.1) is 27.2 Å². The van der Waals surface area contributed by atoms with Gasteiger partial charge in [0, 0.05) is 27.7 Å². The monoisotopic (exact) mass is 596 g/mol. The third-order valence-corrected chi connectivity index (χ3v) is 7.48. The molecule has 1 saturated carbocycles. The molecular weight excluding hydrogens is 587 g/mol. The summed E-state index contributed by atoms with van der Waals surface area (Å²) >= 11 is 37.1. The minimum atomic E-state index is -1.42. The van der Waals surface area contributed by atoms with Crippen molar-refractivity contribution in [2.45, 2.75) is 10.3 Å². The SMILES string of the molecule is O=C(Nc1ccc(F)cc1F)c1cc(NC(=O)[C@@H]2[C@@H](c3cc(Cl)cc(Cl)c3)C2(Cl)Cl)cc(Cl)c1Cl. The van der Waals surface area contributed by atoms with Crippen molar-refractivity contribution in [3.63, 3.8) is 0 Å². The van der Waals surface area contributed by atoms with E-state index < -0.39 is 39.6 Å². The maximum atomic E-state index is 13.9. The molecule has 0 spiro atoms. The molecule has 4 rings (SSSR count). The van der Waals surface area contributed by atoms with Gasteiger partial charge in [0.1, 0.15) is 16.0 Å². The van der Waals surface area contributed by atoms with Gasteiger partial charge in [0.15, 0.2) is 0 Å². The van der Waals surface area contributed by atoms with Gasteiger partial charge >= 0.3 is 0 Å². The van der Waals surface area contributed by atoms with E-state index >= 15 is 0 Å². The van der Waals surface area contributed by atoms with E-state index in [1.54, 1.807) is 12.1 Å². The van der Waals surface area contributed by atoms with Crippen LogP contribution < -0.4 is 10.6 Å². The second-order valence-corrected chi connectivity index (χ2v) is 10.8. The van der Waals surface area contributed by atoms with Crippen molar-refractivity contribution in [1.29, 1.82) is 0 Å². The van der Waals surface area contributed by atoms with Gasteiger partial charge in [-0.2, -0.15) is 0 Å². The Hall–Kier alpha value is -1.80. The molecule has 35 heavy (non-hydrogen) atoms. The van der Waals surface area contributed by atoms with Crippen LogP contribution in [0.4, 0.5) is 20.2 Å². The highest BCUT2D eigenvalue weighted by Crippen LogP contribution is 2.65. The van der Waals surface area contributed by atoms with Gasteiger partial charge in [0.2, 0.25) is 5.91 Å². The molecule has 0 saturated heterocycles. The van der Waals surface area contributed by atoms with E-state index in [1.165, 1.54) is 18.2 Å². The van der Waals surface area contributed by atoms with Crippen LogP contribution in [0.15, 0.2) is 48.5 Å². The smallest absolute Gasteiger partial charge is 0.257 e. The Morgan fingerprint density at radius 2 is 1.51 bits per heavy atom. The number of amides is 2. The average molecular weight is 599 g/mol. The summed E-state index contributed by atoms with van der Waals surface area (Å²) in [5, 5.41) is 5.44. The lowest BCUT2D eigenvalue weighted by Gasteiger charge is -2.12. The molecule has 0 heterocycles. The van der Waals surface area contributed by atoms with Gasteiger partial charge in [-0.05, 0) is 48.0 Å². The number of nitrogens with one attached hydrogen (secondary N) is 2. The summed E-state index contributed by atoms with van der Waals surface area (Å²) in [6, 6.07) is 9.99. The van der Waals surface area contributed by atoms with E-state index in [4.69, 9.17) is 69.6 Å². The van der Waals surface area contributed by atoms with Gasteiger partial charge in [-0.3, -0.25) is 9.59 Å². The Morgan fingerprint density at radius 3 is 2.14 bits per heavy atom. The third kappa shape index (κ3) is 5.48. The molecule has 0 aromatic heterocycles. The molecule has 0 bridgehead atoms. The first-order valence-electron chi connectivity index (χ1n) is 9.78. The van der Waals surface area contributed by atoms with Crippen LogP contribution in [0.2, 0.25) is 20.1 Å². The van der Waals surface area contributed by atoms with E-state index in [0.29, 0.717) is 21.7 Å². The molecule has 0 aliphatic heterocycles. The van der Waals surface area contributed by atoms with Crippen molar-refractivity contribution in [1.82, 2.24) is 0 Å². The van der Waals surface area contributed by atoms with Crippen LogP contribution in [0, 0.1) is 17.6 Å². The molecule has 1 aliphatic carbocycles. The lowest BCUT2D eigenvalue weighted by molar-refractivity contribution is -0.117. The van der Waals surface area contributed by atoms with Crippen molar-refractivity contribution < 1.29 is 18.4 Å². The molecule has 4 nitrogen and oxygen atoms in total. The fourth-order valence-electron chi connectivity index (χ4n) is 3.65. The number of hydrogen-bond acceptors (Lipinski definition) is 2. The molecule has 3 aromatic carbocycles. The number of carbonyl (C=O) groups excluding carboxylic acids is 2. The van der Waals surface area contributed by atoms with E-state index in [1.807, 2.05) is 0 Å². The van der Waals surface area contributed by atoms with E-state index in [2.05, 4.69) is 10.6 Å². The van der Waals surface area contributed by atoms with Crippen LogP contribution in [0.1, 0.15) is 21.8 Å². The summed E-state index contributed by atoms with van der Waals surface area (Å²) < 4.78 is 25.7. The number of rotatable bonds is 5. The molecule has 2 N–H and O–H groups in total. The highest BCUT2D eigenvalue weighted by molar-refractivity contribution is 6.53. The summed E-state index contributed by atoms with van der Waals surface area (Å²) in [6.45, 7) is 0. The largest absolute Gasteiger partial charge is 0.326 e. The predicted octanol–water partition coefficient (Wildman–Crippen LogP) is 8.36. The van der Waals surface area contributed by atoms with E-state index in [-0.39, 0.29) is 27.0 Å². The Bertz CT molecular complexity index is 1350. The number of anilines is 2. The topological polar surface area (TPSA) is 58.2 Å². The molecule has 0 unspecified atom stereocenters. The highest BCUT2D eigenvalue weighted by Gasteiger charge is 2.67. The maximum Gasteiger partial charge on any atom is 0.257 e. The molecular formula is C23H12Cl6F2N2O2. The van der Waals surface area contributed by atoms with Crippen LogP contribution in [-0.4, -0.2) is 16.1 Å². The van der Waals surface area contributed by atoms with Gasteiger partial charge in [0.25, 0.3) is 5.91 Å². The standard InChI is InChI=1S/C23H12Cl6F2N2O2/c24-10-3-9(4-11(25)5-10)18-19(23(18,28)29)22(35)32-13-7-14(20(27)15(26)8-13)21(34)33-17-2-1-12(30)6-16(17)31/h1-8,18-19H,(H,32,35)(H,33,34)/t18-,19+/m1/s1. The highest BCUT2D eigenvalue weighted by atomic mass is 35.5. The summed E-state index contributed by atoms with van der Waals surface area (Å²) in [5.74, 6) is -4.62. The number of benzene rings is 3. The molecule has 2 atom stereocenters. The fourth-order valence-corrected chi connectivity index (χ4v) is 5.43. The van der Waals surface area contributed by atoms with Crippen molar-refractivity contribution in [3.05, 3.63) is 91.4 Å². The van der Waals surface area contributed by atoms with E-state index in [9.17, 15) is 18.4 Å². The minimum Gasteiger partial charge on any atom is -0.326 e. The zero-order valence-corrected chi connectivity index (χ0v) is 21.6. The first-order chi connectivity index (χ1) is 16.4. The molecule has 1 fully saturated rings. The summed E-state index contributed by atoms with van der Waals surface area (Å²) in [7, 11) is 0. The van der Waals surface area contributed by atoms with Crippen LogP contribution in [0.3, 0.4) is 0 Å². The van der Waals surface area contributed by atoms with Crippen LogP contribution in [0.5, 0.6) is 0 Å². The number of carbonyl (C=O) groups is 2. The summed E-state index contributed by atoms with van der Waals surface area (Å²) in [4.78, 5) is 25.7. The first kappa shape index (κ1) is 26.3. The van der Waals surface area contributed by atoms with Crippen molar-refractivity contribution in [3.8, 4) is 0 Å². The normalized spacial score (nSPS) is 18.2. The fraction of sp³-hybridized carbons (Fsp3) is 0.130. The van der Waals surface area contributed by atoms with Crippen LogP contribution in [-0.2, 0) is 4.79 Å². The zero-order chi connectivity index (χ0) is 25.7. The first-order valence-corrected chi connectivity index (χ1v) is 12.1. The average Bonchev–Trinajstić information content (AvgIpc) is 3.34. The summed E-state index contributed by atoms with van der Waals surface area (Å²) in [6.07, 6.45) is 0. The van der Waals surface area contributed by atoms with Gasteiger partial charge < -0.3 is 10.6 Å². The molecule has 0 radical (unpaired) electrons. The number of alkyl halides is 2. The van der Waals surface area contributed by atoms with Crippen LogP contribution >= 0.6 is 69.6 Å². The Balaban J connectivity index is 1.56. The van der Waals surface area contributed by atoms with Crippen LogP contribution in [0.25, 0.3) is 0 Å². The molecule has 2 amide bonds. The van der Waals surface area contributed by atoms with Gasteiger partial charge in [-0.25, -0.2) is 8.78 Å². The van der Waals surface area contributed by atoms with Crippen molar-refractivity contribution in [2.75, 3.05) is 10.6 Å². The van der Waals surface area contributed by atoms with Gasteiger partial charge in [-0.15, -0.1) is 23.2 Å². The third-order valence-electron chi connectivity index (χ3n) is 5.30. The molecule has 182 valence electrons. The van der Waals surface area contributed by atoms with Crippen molar-refractivity contribution >= 4 is 92.8 Å². The Labute approximate surface area is 228 Å². The summed E-state index contributed by atoms with van der Waals surface area (Å²) in [5.41, 5.74) is 0.277. The Kier molecular flexibility index (Phi) is 7.45. The predicted molar refractivity (Wildman–Crippen MR) is 137 cm³/mol. The Morgan fingerprint density at radius 1 is 0.857 bits per heavy atom.